The first-order valence-corrected chi connectivity index (χ1v) is 8.65. The Balaban J connectivity index is 1.66. The van der Waals surface area contributed by atoms with Crippen LogP contribution in [0.3, 0.4) is 0 Å². The third-order valence-electron chi connectivity index (χ3n) is 4.97. The van der Waals surface area contributed by atoms with Gasteiger partial charge in [0.15, 0.2) is 0 Å². The highest BCUT2D eigenvalue weighted by Crippen LogP contribution is 2.37. The minimum Gasteiger partial charge on any atom is -0.399 e. The molecule has 2 rings (SSSR count). The minimum atomic E-state index is 0.784. The molecule has 0 unspecified atom stereocenters. The van der Waals surface area contributed by atoms with E-state index >= 15 is 0 Å². The van der Waals surface area contributed by atoms with E-state index in [-0.39, 0.29) is 0 Å². The van der Waals surface area contributed by atoms with Gasteiger partial charge in [-0.15, -0.1) is 0 Å². The summed E-state index contributed by atoms with van der Waals surface area (Å²) in [5.41, 5.74) is 8.15. The second-order valence-corrected chi connectivity index (χ2v) is 6.59. The fourth-order valence-corrected chi connectivity index (χ4v) is 3.59. The molecule has 0 amide bonds. The molecule has 0 radical (unpaired) electrons. The third kappa shape index (κ3) is 4.85. The van der Waals surface area contributed by atoms with Crippen LogP contribution in [0, 0.1) is 5.92 Å². The Labute approximate surface area is 125 Å². The van der Waals surface area contributed by atoms with Gasteiger partial charge in [0.25, 0.3) is 0 Å². The van der Waals surface area contributed by atoms with Crippen molar-refractivity contribution in [2.24, 2.45) is 5.92 Å². The van der Waals surface area contributed by atoms with Gasteiger partial charge < -0.3 is 5.73 Å². The van der Waals surface area contributed by atoms with Gasteiger partial charge >= 0.3 is 0 Å². The van der Waals surface area contributed by atoms with Crippen molar-refractivity contribution in [3.63, 3.8) is 0 Å². The SMILES string of the molecule is CCCCCCCC1CCC(c2ccc(N)cc2)CC1. The maximum absolute atomic E-state index is 5.77. The van der Waals surface area contributed by atoms with Crippen molar-refractivity contribution in [1.82, 2.24) is 0 Å². The molecule has 112 valence electrons. The maximum Gasteiger partial charge on any atom is 0.0314 e. The number of rotatable bonds is 7. The predicted molar refractivity (Wildman–Crippen MR) is 88.9 cm³/mol. The molecule has 1 aliphatic carbocycles. The van der Waals surface area contributed by atoms with E-state index in [2.05, 4.69) is 31.2 Å². The molecule has 1 aliphatic rings. The highest BCUT2D eigenvalue weighted by atomic mass is 14.5. The Kier molecular flexibility index (Phi) is 6.42. The zero-order valence-corrected chi connectivity index (χ0v) is 13.1. The molecule has 0 atom stereocenters. The topological polar surface area (TPSA) is 26.0 Å². The van der Waals surface area contributed by atoms with Gasteiger partial charge in [-0.25, -0.2) is 0 Å². The van der Waals surface area contributed by atoms with E-state index in [4.69, 9.17) is 5.73 Å². The van der Waals surface area contributed by atoms with E-state index in [0.29, 0.717) is 0 Å². The molecule has 1 aromatic carbocycles. The Morgan fingerprint density at radius 3 is 2.20 bits per heavy atom. The second-order valence-electron chi connectivity index (χ2n) is 6.59. The normalized spacial score (nSPS) is 22.9. The van der Waals surface area contributed by atoms with Crippen molar-refractivity contribution in [2.75, 3.05) is 5.73 Å². The molecule has 1 saturated carbocycles. The van der Waals surface area contributed by atoms with Crippen LogP contribution in [-0.4, -0.2) is 0 Å². The summed E-state index contributed by atoms with van der Waals surface area (Å²) in [6, 6.07) is 8.56. The molecule has 0 saturated heterocycles. The summed E-state index contributed by atoms with van der Waals surface area (Å²) in [5.74, 6) is 1.79. The molecular formula is C19H31N. The van der Waals surface area contributed by atoms with Crippen LogP contribution >= 0.6 is 0 Å². The first kappa shape index (κ1) is 15.4. The van der Waals surface area contributed by atoms with Crippen LogP contribution in [-0.2, 0) is 0 Å². The summed E-state index contributed by atoms with van der Waals surface area (Å²) in [7, 11) is 0. The molecule has 1 nitrogen and oxygen atoms in total. The van der Waals surface area contributed by atoms with Crippen LogP contribution < -0.4 is 5.73 Å². The van der Waals surface area contributed by atoms with Crippen molar-refractivity contribution in [3.05, 3.63) is 29.8 Å². The van der Waals surface area contributed by atoms with Crippen LogP contribution in [0.25, 0.3) is 0 Å². The minimum absolute atomic E-state index is 0.784. The largest absolute Gasteiger partial charge is 0.399 e. The fourth-order valence-electron chi connectivity index (χ4n) is 3.59. The van der Waals surface area contributed by atoms with Gasteiger partial charge in [0.05, 0.1) is 0 Å². The zero-order valence-electron chi connectivity index (χ0n) is 13.1. The van der Waals surface area contributed by atoms with E-state index in [9.17, 15) is 0 Å². The van der Waals surface area contributed by atoms with E-state index in [1.54, 1.807) is 0 Å². The molecular weight excluding hydrogens is 242 g/mol. The highest BCUT2D eigenvalue weighted by Gasteiger charge is 2.21. The summed E-state index contributed by atoms with van der Waals surface area (Å²) in [5, 5.41) is 0. The molecule has 2 N–H and O–H groups in total. The average molecular weight is 273 g/mol. The van der Waals surface area contributed by atoms with E-state index in [1.807, 2.05) is 0 Å². The summed E-state index contributed by atoms with van der Waals surface area (Å²) in [4.78, 5) is 0. The number of unbranched alkanes of at least 4 members (excludes halogenated alkanes) is 4. The lowest BCUT2D eigenvalue weighted by molar-refractivity contribution is 0.302. The maximum atomic E-state index is 5.77. The average Bonchev–Trinajstić information content (AvgIpc) is 2.49. The lowest BCUT2D eigenvalue weighted by Gasteiger charge is -2.29. The smallest absolute Gasteiger partial charge is 0.0314 e. The monoisotopic (exact) mass is 273 g/mol. The van der Waals surface area contributed by atoms with Crippen LogP contribution in [0.1, 0.15) is 82.6 Å². The number of nitrogen functional groups attached to an aromatic ring is 1. The van der Waals surface area contributed by atoms with Crippen molar-refractivity contribution >= 4 is 5.69 Å². The quantitative estimate of drug-likeness (QED) is 0.485. The van der Waals surface area contributed by atoms with Gasteiger partial charge in [-0.2, -0.15) is 0 Å². The number of hydrogen-bond acceptors (Lipinski definition) is 1. The highest BCUT2D eigenvalue weighted by molar-refractivity contribution is 5.40. The van der Waals surface area contributed by atoms with Gasteiger partial charge in [0.1, 0.15) is 0 Å². The number of hydrogen-bond donors (Lipinski definition) is 1. The van der Waals surface area contributed by atoms with Gasteiger partial charge in [0, 0.05) is 5.69 Å². The van der Waals surface area contributed by atoms with Crippen molar-refractivity contribution < 1.29 is 0 Å². The molecule has 1 fully saturated rings. The molecule has 0 heterocycles. The zero-order chi connectivity index (χ0) is 14.2. The molecule has 1 heteroatoms. The van der Waals surface area contributed by atoms with Crippen LogP contribution in [0.4, 0.5) is 5.69 Å². The van der Waals surface area contributed by atoms with Crippen LogP contribution in [0.2, 0.25) is 0 Å². The Hall–Kier alpha value is -0.980. The lowest BCUT2D eigenvalue weighted by Crippen LogP contribution is -2.13. The van der Waals surface area contributed by atoms with Gasteiger partial charge in [0.2, 0.25) is 0 Å². The van der Waals surface area contributed by atoms with Crippen LogP contribution in [0.5, 0.6) is 0 Å². The predicted octanol–water partition coefficient (Wildman–Crippen LogP) is 5.90. The van der Waals surface area contributed by atoms with Gasteiger partial charge in [-0.05, 0) is 55.2 Å². The summed E-state index contributed by atoms with van der Waals surface area (Å²) in [6.45, 7) is 2.29. The first-order chi connectivity index (χ1) is 9.79. The molecule has 0 aromatic heterocycles. The van der Waals surface area contributed by atoms with Gasteiger partial charge in [-0.1, -0.05) is 57.6 Å². The number of anilines is 1. The molecule has 20 heavy (non-hydrogen) atoms. The van der Waals surface area contributed by atoms with Crippen molar-refractivity contribution in [1.29, 1.82) is 0 Å². The van der Waals surface area contributed by atoms with E-state index < -0.39 is 0 Å². The Morgan fingerprint density at radius 1 is 0.900 bits per heavy atom. The van der Waals surface area contributed by atoms with Gasteiger partial charge in [-0.3, -0.25) is 0 Å². The summed E-state index contributed by atoms with van der Waals surface area (Å²) >= 11 is 0. The van der Waals surface area contributed by atoms with E-state index in [1.165, 1.54) is 69.8 Å². The van der Waals surface area contributed by atoms with Crippen molar-refractivity contribution in [2.45, 2.75) is 77.0 Å². The Morgan fingerprint density at radius 2 is 1.55 bits per heavy atom. The first-order valence-electron chi connectivity index (χ1n) is 8.65. The third-order valence-corrected chi connectivity index (χ3v) is 4.97. The van der Waals surface area contributed by atoms with E-state index in [0.717, 1.165) is 17.5 Å². The summed E-state index contributed by atoms with van der Waals surface area (Å²) in [6.07, 6.45) is 14.2. The molecule has 0 aliphatic heterocycles. The Bertz CT molecular complexity index is 360. The summed E-state index contributed by atoms with van der Waals surface area (Å²) < 4.78 is 0. The molecule has 0 spiro atoms. The van der Waals surface area contributed by atoms with Crippen LogP contribution in [0.15, 0.2) is 24.3 Å². The second kappa shape index (κ2) is 8.34. The number of nitrogens with two attached hydrogens (primary N) is 1. The molecule has 1 aromatic rings. The molecule has 0 bridgehead atoms. The standard InChI is InChI=1S/C19H31N/c1-2-3-4-5-6-7-16-8-10-17(11-9-16)18-12-14-19(20)15-13-18/h12-17H,2-11,20H2,1H3. The lowest BCUT2D eigenvalue weighted by atomic mass is 9.77. The van der Waals surface area contributed by atoms with Crippen molar-refractivity contribution in [3.8, 4) is 0 Å². The number of benzene rings is 1. The fraction of sp³-hybridized carbons (Fsp3) is 0.684.